The zero-order valence-electron chi connectivity index (χ0n) is 11.2. The predicted molar refractivity (Wildman–Crippen MR) is 79.8 cm³/mol. The van der Waals surface area contributed by atoms with Crippen molar-refractivity contribution in [1.82, 2.24) is 10.2 Å². The molecule has 3 rings (SSSR count). The first-order valence-electron chi connectivity index (χ1n) is 6.54. The summed E-state index contributed by atoms with van der Waals surface area (Å²) in [4.78, 5) is 0. The van der Waals surface area contributed by atoms with E-state index in [-0.39, 0.29) is 0 Å². The monoisotopic (exact) mass is 265 g/mol. The Morgan fingerprint density at radius 1 is 1.10 bits per heavy atom. The fourth-order valence-electron chi connectivity index (χ4n) is 2.09. The molecular weight excluding hydrogens is 250 g/mol. The van der Waals surface area contributed by atoms with Gasteiger partial charge in [0.1, 0.15) is 5.75 Å². The molecule has 4 nitrogen and oxygen atoms in total. The van der Waals surface area contributed by atoms with Gasteiger partial charge in [0.15, 0.2) is 5.75 Å². The highest BCUT2D eigenvalue weighted by molar-refractivity contribution is 5.84. The third-order valence-corrected chi connectivity index (χ3v) is 3.21. The highest BCUT2D eigenvalue weighted by atomic mass is 16.5. The molecule has 0 aliphatic carbocycles. The van der Waals surface area contributed by atoms with Gasteiger partial charge in [-0.3, -0.25) is 0 Å². The molecular formula is C16H15N3O. The first-order valence-corrected chi connectivity index (χ1v) is 6.54. The van der Waals surface area contributed by atoms with Crippen LogP contribution in [-0.4, -0.2) is 10.2 Å². The number of aromatic nitrogens is 2. The van der Waals surface area contributed by atoms with E-state index in [4.69, 9.17) is 10.5 Å². The van der Waals surface area contributed by atoms with Gasteiger partial charge < -0.3 is 10.5 Å². The van der Waals surface area contributed by atoms with E-state index in [1.807, 2.05) is 42.5 Å². The lowest BCUT2D eigenvalue weighted by Gasteiger charge is -2.10. The molecule has 0 unspecified atom stereocenters. The van der Waals surface area contributed by atoms with Gasteiger partial charge in [0, 0.05) is 5.39 Å². The van der Waals surface area contributed by atoms with Crippen molar-refractivity contribution in [2.24, 2.45) is 0 Å². The van der Waals surface area contributed by atoms with Crippen LogP contribution in [0.5, 0.6) is 11.5 Å². The molecule has 0 saturated carbocycles. The summed E-state index contributed by atoms with van der Waals surface area (Å²) in [6.45, 7) is 2.09. The summed E-state index contributed by atoms with van der Waals surface area (Å²) in [7, 11) is 0. The Bertz CT molecular complexity index is 750. The van der Waals surface area contributed by atoms with Crippen molar-refractivity contribution in [3.05, 3.63) is 54.2 Å². The van der Waals surface area contributed by atoms with Crippen molar-refractivity contribution in [2.45, 2.75) is 13.3 Å². The molecule has 0 bridgehead atoms. The van der Waals surface area contributed by atoms with Crippen LogP contribution in [0.2, 0.25) is 0 Å². The van der Waals surface area contributed by atoms with Crippen LogP contribution < -0.4 is 10.5 Å². The van der Waals surface area contributed by atoms with Crippen LogP contribution in [0, 0.1) is 0 Å². The molecule has 0 saturated heterocycles. The lowest BCUT2D eigenvalue weighted by Crippen LogP contribution is -1.95. The van der Waals surface area contributed by atoms with Gasteiger partial charge in [0.2, 0.25) is 0 Å². The predicted octanol–water partition coefficient (Wildman–Crippen LogP) is 3.57. The molecule has 0 fully saturated rings. The second kappa shape index (κ2) is 5.17. The maximum Gasteiger partial charge on any atom is 0.157 e. The molecule has 20 heavy (non-hydrogen) atoms. The van der Waals surface area contributed by atoms with E-state index >= 15 is 0 Å². The summed E-state index contributed by atoms with van der Waals surface area (Å²) in [5, 5.41) is 8.95. The Morgan fingerprint density at radius 2 is 1.95 bits per heavy atom. The van der Waals surface area contributed by atoms with Crippen molar-refractivity contribution in [2.75, 3.05) is 5.73 Å². The molecule has 0 spiro atoms. The maximum absolute atomic E-state index is 6.03. The number of hydrogen-bond acceptors (Lipinski definition) is 4. The van der Waals surface area contributed by atoms with Crippen LogP contribution >= 0.6 is 0 Å². The highest BCUT2D eigenvalue weighted by Gasteiger charge is 2.07. The quantitative estimate of drug-likeness (QED) is 0.735. The Morgan fingerprint density at radius 3 is 2.75 bits per heavy atom. The molecule has 3 aromatic rings. The number of fused-ring (bicyclic) bond motifs is 1. The van der Waals surface area contributed by atoms with E-state index in [0.717, 1.165) is 17.3 Å². The Labute approximate surface area is 117 Å². The molecule has 100 valence electrons. The third-order valence-electron chi connectivity index (χ3n) is 3.21. The SMILES string of the molecule is CCc1ccc(Oc2cnnc3ccccc23)c(N)c1. The molecule has 0 aliphatic rings. The van der Waals surface area contributed by atoms with Crippen LogP contribution in [-0.2, 0) is 6.42 Å². The summed E-state index contributed by atoms with van der Waals surface area (Å²) in [6.07, 6.45) is 2.56. The Balaban J connectivity index is 2.01. The molecule has 0 aliphatic heterocycles. The molecule has 0 radical (unpaired) electrons. The van der Waals surface area contributed by atoms with E-state index in [1.54, 1.807) is 6.20 Å². The standard InChI is InChI=1S/C16H15N3O/c1-2-11-7-8-15(13(17)9-11)20-16-10-18-19-14-6-4-3-5-12(14)16/h3-10H,2,17H2,1H3. The Hall–Kier alpha value is -2.62. The third kappa shape index (κ3) is 2.28. The summed E-state index contributed by atoms with van der Waals surface area (Å²) in [6, 6.07) is 13.6. The van der Waals surface area contributed by atoms with Crippen molar-refractivity contribution in [3.63, 3.8) is 0 Å². The van der Waals surface area contributed by atoms with Crippen LogP contribution in [0.15, 0.2) is 48.7 Å². The highest BCUT2D eigenvalue weighted by Crippen LogP contribution is 2.31. The first-order chi connectivity index (χ1) is 9.78. The molecule has 1 heterocycles. The fraction of sp³-hybridized carbons (Fsp3) is 0.125. The molecule has 2 aromatic carbocycles. The van der Waals surface area contributed by atoms with Gasteiger partial charge in [-0.05, 0) is 36.2 Å². The van der Waals surface area contributed by atoms with Gasteiger partial charge >= 0.3 is 0 Å². The van der Waals surface area contributed by atoms with E-state index in [9.17, 15) is 0 Å². The van der Waals surface area contributed by atoms with Crippen molar-refractivity contribution < 1.29 is 4.74 Å². The lowest BCUT2D eigenvalue weighted by molar-refractivity contribution is 0.487. The van der Waals surface area contributed by atoms with E-state index in [1.165, 1.54) is 5.56 Å². The number of aryl methyl sites for hydroxylation is 1. The average Bonchev–Trinajstić information content (AvgIpc) is 2.49. The first kappa shape index (κ1) is 12.4. The molecule has 0 amide bonds. The molecule has 4 heteroatoms. The van der Waals surface area contributed by atoms with Gasteiger partial charge in [-0.1, -0.05) is 25.1 Å². The van der Waals surface area contributed by atoms with Gasteiger partial charge in [0.25, 0.3) is 0 Å². The number of ether oxygens (including phenoxy) is 1. The number of nitrogens with two attached hydrogens (primary N) is 1. The van der Waals surface area contributed by atoms with E-state index < -0.39 is 0 Å². The number of benzene rings is 2. The topological polar surface area (TPSA) is 61.0 Å². The van der Waals surface area contributed by atoms with Gasteiger partial charge in [0.05, 0.1) is 17.4 Å². The van der Waals surface area contributed by atoms with Crippen LogP contribution in [0.1, 0.15) is 12.5 Å². The van der Waals surface area contributed by atoms with Crippen molar-refractivity contribution in [3.8, 4) is 11.5 Å². The molecule has 0 atom stereocenters. The van der Waals surface area contributed by atoms with Gasteiger partial charge in [-0.25, -0.2) is 0 Å². The molecule has 2 N–H and O–H groups in total. The second-order valence-electron chi connectivity index (χ2n) is 4.55. The van der Waals surface area contributed by atoms with Gasteiger partial charge in [-0.2, -0.15) is 10.2 Å². The zero-order valence-corrected chi connectivity index (χ0v) is 11.2. The summed E-state index contributed by atoms with van der Waals surface area (Å²) >= 11 is 0. The van der Waals surface area contributed by atoms with E-state index in [2.05, 4.69) is 17.1 Å². The normalized spacial score (nSPS) is 10.7. The smallest absolute Gasteiger partial charge is 0.157 e. The minimum atomic E-state index is 0.630. The van der Waals surface area contributed by atoms with Crippen LogP contribution in [0.4, 0.5) is 5.69 Å². The second-order valence-corrected chi connectivity index (χ2v) is 4.55. The lowest BCUT2D eigenvalue weighted by atomic mass is 10.1. The zero-order chi connectivity index (χ0) is 13.9. The maximum atomic E-state index is 6.03. The summed E-state index contributed by atoms with van der Waals surface area (Å²) in [5.41, 5.74) is 8.64. The van der Waals surface area contributed by atoms with Crippen molar-refractivity contribution in [1.29, 1.82) is 0 Å². The minimum absolute atomic E-state index is 0.630. The van der Waals surface area contributed by atoms with Gasteiger partial charge in [-0.15, -0.1) is 0 Å². The molecule has 1 aromatic heterocycles. The summed E-state index contributed by atoms with van der Waals surface area (Å²) in [5.74, 6) is 1.30. The van der Waals surface area contributed by atoms with E-state index in [0.29, 0.717) is 17.2 Å². The fourth-order valence-corrected chi connectivity index (χ4v) is 2.09. The number of nitrogens with zero attached hydrogens (tertiary/aromatic N) is 2. The minimum Gasteiger partial charge on any atom is -0.453 e. The average molecular weight is 265 g/mol. The van der Waals surface area contributed by atoms with Crippen LogP contribution in [0.3, 0.4) is 0 Å². The van der Waals surface area contributed by atoms with Crippen molar-refractivity contribution >= 4 is 16.6 Å². The Kier molecular flexibility index (Phi) is 3.21. The number of hydrogen-bond donors (Lipinski definition) is 1. The number of nitrogen functional groups attached to an aromatic ring is 1. The summed E-state index contributed by atoms with van der Waals surface area (Å²) < 4.78 is 5.89. The number of rotatable bonds is 3. The van der Waals surface area contributed by atoms with Crippen LogP contribution in [0.25, 0.3) is 10.9 Å². The largest absolute Gasteiger partial charge is 0.453 e. The number of anilines is 1.